The second-order valence-electron chi connectivity index (χ2n) is 7.98. The van der Waals surface area contributed by atoms with E-state index in [1.807, 2.05) is 6.07 Å². The van der Waals surface area contributed by atoms with E-state index in [0.29, 0.717) is 16.9 Å². The number of para-hydroxylation sites is 1. The molecule has 0 aliphatic carbocycles. The molecule has 2 amide bonds. The Labute approximate surface area is 238 Å². The van der Waals surface area contributed by atoms with E-state index in [-0.39, 0.29) is 37.7 Å². The van der Waals surface area contributed by atoms with Crippen LogP contribution in [-0.4, -0.2) is 53.7 Å². The van der Waals surface area contributed by atoms with Crippen LogP contribution in [0.3, 0.4) is 0 Å². The fourth-order valence-electron chi connectivity index (χ4n) is 3.04. The van der Waals surface area contributed by atoms with Crippen LogP contribution in [0.4, 0.5) is 25.0 Å². The van der Waals surface area contributed by atoms with Crippen molar-refractivity contribution >= 4 is 56.6 Å². The van der Waals surface area contributed by atoms with Crippen LogP contribution in [0.5, 0.6) is 0 Å². The maximum absolute atomic E-state index is 12.8. The number of anilines is 2. The molecule has 0 radical (unpaired) electrons. The Kier molecular flexibility index (Phi) is 11.5. The highest BCUT2D eigenvalue weighted by molar-refractivity contribution is 7.92. The summed E-state index contributed by atoms with van der Waals surface area (Å²) in [6.45, 7) is 1.98. The molecule has 1 aromatic heterocycles. The first-order valence-electron chi connectivity index (χ1n) is 11.4. The summed E-state index contributed by atoms with van der Waals surface area (Å²) in [6.07, 6.45) is -0.548. The molecule has 1 atom stereocenters. The number of aromatic nitrogens is 3. The van der Waals surface area contributed by atoms with Crippen molar-refractivity contribution in [2.75, 3.05) is 22.8 Å². The zero-order valence-electron chi connectivity index (χ0n) is 21.6. The summed E-state index contributed by atoms with van der Waals surface area (Å²) >= 11 is 11.8. The maximum atomic E-state index is 12.8. The zero-order valence-corrected chi connectivity index (χ0v) is 23.9. The lowest BCUT2D eigenvalue weighted by Gasteiger charge is -2.13. The average Bonchev–Trinajstić information content (AvgIpc) is 3.14. The standard InChI is InChI=1S/C12H16N2O3.C11H10Cl2F2N4O3S/c1-3-13-11(15)9(2)17-12(16)14-10-7-5-4-6-8-10;1-5-16-19(11(20)18(5)10(14)15)9-4-8(17-23(2,21)22)6(12)3-7(9)13/h4-9H,3H2,1-2H3,(H,13,15)(H,14,16);3-4,10,17H,1-2H3. The first-order valence-corrected chi connectivity index (χ1v) is 14.0. The molecule has 1 heterocycles. The van der Waals surface area contributed by atoms with E-state index in [4.69, 9.17) is 27.9 Å². The summed E-state index contributed by atoms with van der Waals surface area (Å²) in [4.78, 5) is 34.8. The number of hydrogen-bond acceptors (Lipinski definition) is 7. The highest BCUT2D eigenvalue weighted by Gasteiger charge is 2.21. The molecule has 0 fully saturated rings. The van der Waals surface area contributed by atoms with Crippen LogP contribution in [0.25, 0.3) is 5.69 Å². The first-order chi connectivity index (χ1) is 18.6. The number of alkyl halides is 2. The topological polar surface area (TPSA) is 153 Å². The summed E-state index contributed by atoms with van der Waals surface area (Å²) in [6, 6.07) is 11.2. The first kappa shape index (κ1) is 32.5. The third kappa shape index (κ3) is 9.20. The molecule has 12 nitrogen and oxygen atoms in total. The van der Waals surface area contributed by atoms with Crippen molar-refractivity contribution in [1.82, 2.24) is 19.7 Å². The number of hydrogen-bond donors (Lipinski definition) is 3. The number of amides is 2. The van der Waals surface area contributed by atoms with Crippen molar-refractivity contribution in [3.8, 4) is 5.69 Å². The number of halogens is 4. The molecule has 0 aliphatic heterocycles. The Morgan fingerprint density at radius 1 is 1.12 bits per heavy atom. The number of likely N-dealkylation sites (N-methyl/N-ethyl adjacent to an activating group) is 1. The number of nitrogens with one attached hydrogen (secondary N) is 3. The van der Waals surface area contributed by atoms with Gasteiger partial charge < -0.3 is 10.1 Å². The Balaban J connectivity index is 0.000000294. The number of rotatable bonds is 8. The van der Waals surface area contributed by atoms with Crippen LogP contribution >= 0.6 is 23.2 Å². The third-order valence-electron chi connectivity index (χ3n) is 4.76. The van der Waals surface area contributed by atoms with Crippen molar-refractivity contribution in [3.63, 3.8) is 0 Å². The number of ether oxygens (including phenoxy) is 1. The van der Waals surface area contributed by atoms with E-state index in [9.17, 15) is 31.6 Å². The van der Waals surface area contributed by atoms with Gasteiger partial charge in [-0.05, 0) is 45.0 Å². The second-order valence-corrected chi connectivity index (χ2v) is 10.5. The Morgan fingerprint density at radius 2 is 1.75 bits per heavy atom. The van der Waals surface area contributed by atoms with Crippen LogP contribution in [-0.2, 0) is 19.6 Å². The number of nitrogens with zero attached hydrogens (tertiary/aromatic N) is 3. The van der Waals surface area contributed by atoms with Crippen LogP contribution in [0.15, 0.2) is 47.3 Å². The molecule has 3 aromatic rings. The normalized spacial score (nSPS) is 11.7. The molecule has 0 saturated carbocycles. The SMILES string of the molecule is CCNC(=O)C(C)OC(=O)Nc1ccccc1.Cc1nn(-c2cc(NS(C)(=O)=O)c(Cl)cc2Cl)c(=O)n1C(F)F. The van der Waals surface area contributed by atoms with Gasteiger partial charge in [0.25, 0.3) is 5.91 Å². The van der Waals surface area contributed by atoms with Gasteiger partial charge in [-0.25, -0.2) is 22.6 Å². The van der Waals surface area contributed by atoms with Crippen molar-refractivity contribution in [3.05, 3.63) is 68.8 Å². The number of benzene rings is 2. The largest absolute Gasteiger partial charge is 0.436 e. The zero-order chi connectivity index (χ0) is 30.2. The summed E-state index contributed by atoms with van der Waals surface area (Å²) < 4.78 is 56.2. The van der Waals surface area contributed by atoms with Gasteiger partial charge in [0.15, 0.2) is 6.10 Å². The van der Waals surface area contributed by atoms with Crippen molar-refractivity contribution in [1.29, 1.82) is 0 Å². The van der Waals surface area contributed by atoms with Crippen molar-refractivity contribution in [2.45, 2.75) is 33.4 Å². The molecule has 3 N–H and O–H groups in total. The molecule has 1 unspecified atom stereocenters. The van der Waals surface area contributed by atoms with Gasteiger partial charge in [-0.1, -0.05) is 41.4 Å². The van der Waals surface area contributed by atoms with E-state index in [2.05, 4.69) is 20.5 Å². The fourth-order valence-corrected chi connectivity index (χ4v) is 4.17. The smallest absolute Gasteiger partial charge is 0.412 e. The molecule has 3 rings (SSSR count). The molecule has 0 saturated heterocycles. The number of aryl methyl sites for hydroxylation is 1. The number of carbonyl (C=O) groups excluding carboxylic acids is 2. The molecular formula is C23H26Cl2F2N6O6S. The summed E-state index contributed by atoms with van der Waals surface area (Å²) in [5.74, 6) is -0.538. The Morgan fingerprint density at radius 3 is 2.27 bits per heavy atom. The van der Waals surface area contributed by atoms with Crippen LogP contribution in [0, 0.1) is 6.92 Å². The van der Waals surface area contributed by atoms with Crippen molar-refractivity contribution < 1.29 is 31.5 Å². The van der Waals surface area contributed by atoms with Gasteiger partial charge in [0.2, 0.25) is 10.0 Å². The molecule has 40 heavy (non-hydrogen) atoms. The lowest BCUT2D eigenvalue weighted by atomic mass is 10.3. The maximum Gasteiger partial charge on any atom is 0.412 e. The lowest BCUT2D eigenvalue weighted by molar-refractivity contribution is -0.128. The number of carbonyl (C=O) groups is 2. The van der Waals surface area contributed by atoms with Gasteiger partial charge in [0, 0.05) is 12.2 Å². The molecule has 17 heteroatoms. The van der Waals surface area contributed by atoms with Crippen LogP contribution in [0.1, 0.15) is 26.2 Å². The van der Waals surface area contributed by atoms with Gasteiger partial charge in [-0.15, -0.1) is 5.10 Å². The minimum atomic E-state index is -3.65. The summed E-state index contributed by atoms with van der Waals surface area (Å²) in [7, 11) is -3.65. The van der Waals surface area contributed by atoms with E-state index in [0.717, 1.165) is 12.3 Å². The van der Waals surface area contributed by atoms with E-state index in [1.54, 1.807) is 31.2 Å². The quantitative estimate of drug-likeness (QED) is 0.340. The number of sulfonamides is 1. The molecule has 218 valence electrons. The Bertz CT molecular complexity index is 1520. The molecule has 2 aromatic carbocycles. The predicted octanol–water partition coefficient (Wildman–Crippen LogP) is 4.18. The minimum Gasteiger partial charge on any atom is -0.436 e. The van der Waals surface area contributed by atoms with Crippen LogP contribution < -0.4 is 21.0 Å². The summed E-state index contributed by atoms with van der Waals surface area (Å²) in [5.41, 5.74) is -0.646. The van der Waals surface area contributed by atoms with Gasteiger partial charge in [-0.3, -0.25) is 14.8 Å². The molecule has 0 aliphatic rings. The average molecular weight is 623 g/mol. The highest BCUT2D eigenvalue weighted by atomic mass is 35.5. The van der Waals surface area contributed by atoms with Gasteiger partial charge >= 0.3 is 18.3 Å². The lowest BCUT2D eigenvalue weighted by Crippen LogP contribution is -2.36. The highest BCUT2D eigenvalue weighted by Crippen LogP contribution is 2.31. The monoisotopic (exact) mass is 622 g/mol. The molecule has 0 spiro atoms. The molecule has 0 bridgehead atoms. The van der Waals surface area contributed by atoms with Gasteiger partial charge in [0.05, 0.1) is 27.7 Å². The Hall–Kier alpha value is -3.69. The van der Waals surface area contributed by atoms with E-state index < -0.39 is 34.5 Å². The van der Waals surface area contributed by atoms with Gasteiger partial charge in [-0.2, -0.15) is 13.5 Å². The van der Waals surface area contributed by atoms with Gasteiger partial charge in [0.1, 0.15) is 5.82 Å². The minimum absolute atomic E-state index is 0.0257. The predicted molar refractivity (Wildman–Crippen MR) is 147 cm³/mol. The van der Waals surface area contributed by atoms with Crippen LogP contribution in [0.2, 0.25) is 10.0 Å². The van der Waals surface area contributed by atoms with E-state index in [1.165, 1.54) is 19.9 Å². The fraction of sp³-hybridized carbons (Fsp3) is 0.304. The molecular weight excluding hydrogens is 597 g/mol. The second kappa shape index (κ2) is 14.1. The summed E-state index contributed by atoms with van der Waals surface area (Å²) in [5, 5.41) is 8.73. The third-order valence-corrected chi connectivity index (χ3v) is 5.97. The van der Waals surface area contributed by atoms with E-state index >= 15 is 0 Å². The van der Waals surface area contributed by atoms with Crippen molar-refractivity contribution in [2.24, 2.45) is 0 Å².